The zero-order chi connectivity index (χ0) is 14.6. The minimum Gasteiger partial charge on any atom is -0.494 e. The lowest BCUT2D eigenvalue weighted by Gasteiger charge is -2.37. The highest BCUT2D eigenvalue weighted by Crippen LogP contribution is 2.43. The maximum absolute atomic E-state index is 13.9. The van der Waals surface area contributed by atoms with Crippen molar-refractivity contribution in [3.8, 4) is 5.75 Å². The summed E-state index contributed by atoms with van der Waals surface area (Å²) in [7, 11) is 1.45. The SMILES string of the molecule is CCOC1(C(NN)c2ccc(OC)c(F)c2)CCCC1. The van der Waals surface area contributed by atoms with Crippen molar-refractivity contribution in [1.82, 2.24) is 5.43 Å². The molecular formula is C15H23FN2O2. The van der Waals surface area contributed by atoms with Gasteiger partial charge >= 0.3 is 0 Å². The molecule has 1 aliphatic carbocycles. The Bertz CT molecular complexity index is 447. The topological polar surface area (TPSA) is 56.5 Å². The van der Waals surface area contributed by atoms with Crippen molar-refractivity contribution in [1.29, 1.82) is 0 Å². The van der Waals surface area contributed by atoms with Crippen molar-refractivity contribution in [2.45, 2.75) is 44.2 Å². The molecule has 0 amide bonds. The summed E-state index contributed by atoms with van der Waals surface area (Å²) in [5.41, 5.74) is 3.27. The Morgan fingerprint density at radius 1 is 1.40 bits per heavy atom. The maximum atomic E-state index is 13.9. The number of hydrazine groups is 1. The van der Waals surface area contributed by atoms with Gasteiger partial charge in [-0.15, -0.1) is 0 Å². The lowest BCUT2D eigenvalue weighted by atomic mass is 9.87. The molecule has 4 nitrogen and oxygen atoms in total. The number of nitrogens with two attached hydrogens (primary N) is 1. The first-order valence-corrected chi connectivity index (χ1v) is 7.10. The van der Waals surface area contributed by atoms with E-state index in [1.807, 2.05) is 13.0 Å². The van der Waals surface area contributed by atoms with E-state index in [4.69, 9.17) is 15.3 Å². The molecule has 0 aromatic heterocycles. The number of hydrogen-bond donors (Lipinski definition) is 2. The van der Waals surface area contributed by atoms with Gasteiger partial charge in [0.1, 0.15) is 0 Å². The normalized spacial score (nSPS) is 19.0. The highest BCUT2D eigenvalue weighted by atomic mass is 19.1. The monoisotopic (exact) mass is 282 g/mol. The number of nitrogens with one attached hydrogen (secondary N) is 1. The molecule has 2 rings (SSSR count). The largest absolute Gasteiger partial charge is 0.494 e. The van der Waals surface area contributed by atoms with Crippen LogP contribution in [0.1, 0.15) is 44.2 Å². The van der Waals surface area contributed by atoms with Crippen LogP contribution in [0.15, 0.2) is 18.2 Å². The molecule has 1 unspecified atom stereocenters. The van der Waals surface area contributed by atoms with E-state index in [1.165, 1.54) is 13.2 Å². The molecule has 20 heavy (non-hydrogen) atoms. The van der Waals surface area contributed by atoms with Gasteiger partial charge in [0, 0.05) is 6.61 Å². The second-order valence-electron chi connectivity index (χ2n) is 5.20. The summed E-state index contributed by atoms with van der Waals surface area (Å²) in [5.74, 6) is 5.59. The third kappa shape index (κ3) is 2.80. The number of benzene rings is 1. The fraction of sp³-hybridized carbons (Fsp3) is 0.600. The van der Waals surface area contributed by atoms with Crippen LogP contribution in [-0.2, 0) is 4.74 Å². The van der Waals surface area contributed by atoms with Gasteiger partial charge in [-0.2, -0.15) is 0 Å². The molecular weight excluding hydrogens is 259 g/mol. The van der Waals surface area contributed by atoms with Gasteiger partial charge in [0.25, 0.3) is 0 Å². The molecule has 0 bridgehead atoms. The lowest BCUT2D eigenvalue weighted by molar-refractivity contribution is -0.0627. The zero-order valence-corrected chi connectivity index (χ0v) is 12.1. The summed E-state index contributed by atoms with van der Waals surface area (Å²) < 4.78 is 24.9. The summed E-state index contributed by atoms with van der Waals surface area (Å²) in [5, 5.41) is 0. The summed E-state index contributed by atoms with van der Waals surface area (Å²) in [6.07, 6.45) is 4.08. The summed E-state index contributed by atoms with van der Waals surface area (Å²) >= 11 is 0. The van der Waals surface area contributed by atoms with Crippen LogP contribution in [0.2, 0.25) is 0 Å². The number of methoxy groups -OCH3 is 1. The molecule has 0 spiro atoms. The van der Waals surface area contributed by atoms with Gasteiger partial charge in [-0.05, 0) is 37.5 Å². The Hall–Kier alpha value is -1.17. The van der Waals surface area contributed by atoms with Crippen LogP contribution >= 0.6 is 0 Å². The van der Waals surface area contributed by atoms with Gasteiger partial charge in [0.05, 0.1) is 18.8 Å². The Balaban J connectivity index is 2.33. The number of ether oxygens (including phenoxy) is 2. The van der Waals surface area contributed by atoms with Crippen molar-refractivity contribution >= 4 is 0 Å². The highest BCUT2D eigenvalue weighted by Gasteiger charge is 2.42. The first kappa shape index (κ1) is 15.2. The van der Waals surface area contributed by atoms with E-state index in [9.17, 15) is 4.39 Å². The fourth-order valence-corrected chi connectivity index (χ4v) is 3.19. The van der Waals surface area contributed by atoms with E-state index in [1.54, 1.807) is 6.07 Å². The third-order valence-corrected chi connectivity index (χ3v) is 4.08. The average molecular weight is 282 g/mol. The predicted octanol–water partition coefficient (Wildman–Crippen LogP) is 2.69. The maximum Gasteiger partial charge on any atom is 0.165 e. The summed E-state index contributed by atoms with van der Waals surface area (Å²) in [6, 6.07) is 4.72. The van der Waals surface area contributed by atoms with Gasteiger partial charge in [-0.3, -0.25) is 11.3 Å². The van der Waals surface area contributed by atoms with Crippen molar-refractivity contribution in [2.24, 2.45) is 5.84 Å². The molecule has 1 saturated carbocycles. The van der Waals surface area contributed by atoms with E-state index in [2.05, 4.69) is 5.43 Å². The third-order valence-electron chi connectivity index (χ3n) is 4.08. The van der Waals surface area contributed by atoms with Crippen LogP contribution in [0.4, 0.5) is 4.39 Å². The standard InChI is InChI=1S/C15H23FN2O2/c1-3-20-15(8-4-5-9-15)14(18-17)11-6-7-13(19-2)12(16)10-11/h6-7,10,14,18H,3-5,8-9,17H2,1-2H3. The van der Waals surface area contributed by atoms with Gasteiger partial charge in [-0.1, -0.05) is 18.9 Å². The molecule has 0 aliphatic heterocycles. The van der Waals surface area contributed by atoms with Crippen molar-refractivity contribution in [3.63, 3.8) is 0 Å². The molecule has 3 N–H and O–H groups in total. The number of hydrogen-bond acceptors (Lipinski definition) is 4. The first-order chi connectivity index (χ1) is 9.66. The van der Waals surface area contributed by atoms with Crippen molar-refractivity contribution < 1.29 is 13.9 Å². The summed E-state index contributed by atoms with van der Waals surface area (Å²) in [4.78, 5) is 0. The van der Waals surface area contributed by atoms with Crippen molar-refractivity contribution in [2.75, 3.05) is 13.7 Å². The van der Waals surface area contributed by atoms with Gasteiger partial charge in [-0.25, -0.2) is 4.39 Å². The Labute approximate surface area is 119 Å². The number of rotatable bonds is 6. The molecule has 1 aromatic rings. The molecule has 0 saturated heterocycles. The van der Waals surface area contributed by atoms with E-state index >= 15 is 0 Å². The minimum atomic E-state index is -0.380. The van der Waals surface area contributed by atoms with E-state index in [0.717, 1.165) is 31.2 Å². The van der Waals surface area contributed by atoms with Crippen LogP contribution < -0.4 is 16.0 Å². The Morgan fingerprint density at radius 3 is 2.60 bits per heavy atom. The summed E-state index contributed by atoms with van der Waals surface area (Å²) in [6.45, 7) is 2.60. The van der Waals surface area contributed by atoms with Crippen LogP contribution in [-0.4, -0.2) is 19.3 Å². The van der Waals surface area contributed by atoms with Gasteiger partial charge in [0.15, 0.2) is 11.6 Å². The second-order valence-corrected chi connectivity index (χ2v) is 5.20. The molecule has 0 radical (unpaired) electrons. The van der Waals surface area contributed by atoms with Crippen LogP contribution in [0.5, 0.6) is 5.75 Å². The molecule has 112 valence electrons. The van der Waals surface area contributed by atoms with Gasteiger partial charge < -0.3 is 9.47 Å². The lowest BCUT2D eigenvalue weighted by Crippen LogP contribution is -2.47. The highest BCUT2D eigenvalue weighted by molar-refractivity contribution is 5.32. The van der Waals surface area contributed by atoms with E-state index in [0.29, 0.717) is 6.61 Å². The molecule has 1 aliphatic rings. The van der Waals surface area contributed by atoms with Crippen LogP contribution in [0.25, 0.3) is 0 Å². The quantitative estimate of drug-likeness (QED) is 0.622. The fourth-order valence-electron chi connectivity index (χ4n) is 3.19. The smallest absolute Gasteiger partial charge is 0.165 e. The molecule has 1 aromatic carbocycles. The second kappa shape index (κ2) is 6.52. The number of halogens is 1. The predicted molar refractivity (Wildman–Crippen MR) is 75.8 cm³/mol. The van der Waals surface area contributed by atoms with Crippen LogP contribution in [0, 0.1) is 5.82 Å². The van der Waals surface area contributed by atoms with E-state index < -0.39 is 0 Å². The average Bonchev–Trinajstić information content (AvgIpc) is 2.89. The van der Waals surface area contributed by atoms with Crippen molar-refractivity contribution in [3.05, 3.63) is 29.6 Å². The van der Waals surface area contributed by atoms with E-state index in [-0.39, 0.29) is 23.2 Å². The first-order valence-electron chi connectivity index (χ1n) is 7.10. The zero-order valence-electron chi connectivity index (χ0n) is 12.1. The van der Waals surface area contributed by atoms with Crippen LogP contribution in [0.3, 0.4) is 0 Å². The molecule has 1 fully saturated rings. The Morgan fingerprint density at radius 2 is 2.10 bits per heavy atom. The molecule has 0 heterocycles. The molecule has 5 heteroatoms. The minimum absolute atomic E-state index is 0.217. The molecule has 1 atom stereocenters. The Kier molecular flexibility index (Phi) is 4.96. The van der Waals surface area contributed by atoms with Gasteiger partial charge in [0.2, 0.25) is 0 Å².